The molecule has 0 bridgehead atoms. The number of furan rings is 1. The van der Waals surface area contributed by atoms with Crippen LogP contribution in [0.3, 0.4) is 0 Å². The van der Waals surface area contributed by atoms with E-state index in [4.69, 9.17) is 9.40 Å². The Labute approximate surface area is 178 Å². The van der Waals surface area contributed by atoms with Crippen LogP contribution in [0.2, 0.25) is 0 Å². The van der Waals surface area contributed by atoms with E-state index in [1.807, 2.05) is 42.5 Å². The minimum Gasteiger partial charge on any atom is -0.454 e. The number of benzene rings is 2. The molecule has 3 aromatic heterocycles. The first-order valence-corrected chi connectivity index (χ1v) is 10.6. The molecule has 0 N–H and O–H groups in total. The number of nitriles is 1. The van der Waals surface area contributed by atoms with Crippen molar-refractivity contribution in [3.8, 4) is 16.8 Å². The van der Waals surface area contributed by atoms with Crippen molar-refractivity contribution >= 4 is 33.2 Å². The Morgan fingerprint density at radius 3 is 2.73 bits per heavy atom. The van der Waals surface area contributed by atoms with Gasteiger partial charge in [0, 0.05) is 21.6 Å². The molecule has 5 rings (SSSR count). The van der Waals surface area contributed by atoms with Crippen LogP contribution in [-0.4, -0.2) is 14.8 Å². The molecule has 0 unspecified atom stereocenters. The Balaban J connectivity index is 1.49. The topological polar surface area (TPSA) is 67.6 Å². The monoisotopic (exact) mass is 412 g/mol. The van der Waals surface area contributed by atoms with Gasteiger partial charge in [0.2, 0.25) is 0 Å². The summed E-state index contributed by atoms with van der Waals surface area (Å²) in [6, 6.07) is 18.1. The van der Waals surface area contributed by atoms with Crippen LogP contribution in [0.4, 0.5) is 0 Å². The molecule has 5 aromatic rings. The molecule has 0 amide bonds. The largest absolute Gasteiger partial charge is 0.454 e. The van der Waals surface area contributed by atoms with E-state index < -0.39 is 0 Å². The molecule has 2 aromatic carbocycles. The zero-order chi connectivity index (χ0) is 20.9. The Morgan fingerprint density at radius 2 is 1.97 bits per heavy atom. The van der Waals surface area contributed by atoms with Gasteiger partial charge in [0.1, 0.15) is 17.3 Å². The first kappa shape index (κ1) is 18.6. The Hall–Kier alpha value is -3.43. The smallest absolute Gasteiger partial charge is 0.164 e. The van der Waals surface area contributed by atoms with Gasteiger partial charge < -0.3 is 4.42 Å². The van der Waals surface area contributed by atoms with Gasteiger partial charge in [-0.3, -0.25) is 0 Å². The lowest BCUT2D eigenvalue weighted by Crippen LogP contribution is -2.11. The van der Waals surface area contributed by atoms with Crippen molar-refractivity contribution in [2.24, 2.45) is 0 Å². The maximum atomic E-state index is 9.61. The Bertz CT molecular complexity index is 1430. The molecule has 0 spiro atoms. The first-order chi connectivity index (χ1) is 14.4. The van der Waals surface area contributed by atoms with E-state index in [0.717, 1.165) is 43.9 Å². The standard InChI is InChI=1S/C24H20N4OS/c1-24(2,3)22-14-30-23(26-22)21-11-16-10-15(8-9-20(16)29-21)13-28-19(12-25)17-6-4-5-7-18(17)27-28/h4-11,14H,13H2,1-3H3. The molecule has 6 heteroatoms. The Kier molecular flexibility index (Phi) is 4.23. The van der Waals surface area contributed by atoms with E-state index >= 15 is 0 Å². The third-order valence-electron chi connectivity index (χ3n) is 5.15. The molecular formula is C24H20N4OS. The fraction of sp³-hybridized carbons (Fsp3) is 0.208. The summed E-state index contributed by atoms with van der Waals surface area (Å²) < 4.78 is 7.82. The van der Waals surface area contributed by atoms with Crippen molar-refractivity contribution in [2.75, 3.05) is 0 Å². The minimum absolute atomic E-state index is 0.0136. The predicted octanol–water partition coefficient (Wildman–Crippen LogP) is 6.12. The van der Waals surface area contributed by atoms with Crippen molar-refractivity contribution in [2.45, 2.75) is 32.7 Å². The van der Waals surface area contributed by atoms with Gasteiger partial charge in [-0.25, -0.2) is 9.67 Å². The third-order valence-corrected chi connectivity index (χ3v) is 6.00. The summed E-state index contributed by atoms with van der Waals surface area (Å²) in [7, 11) is 0. The van der Waals surface area contributed by atoms with E-state index in [9.17, 15) is 5.26 Å². The highest BCUT2D eigenvalue weighted by atomic mass is 32.1. The van der Waals surface area contributed by atoms with Gasteiger partial charge >= 0.3 is 0 Å². The van der Waals surface area contributed by atoms with Gasteiger partial charge in [-0.15, -0.1) is 11.3 Å². The number of thiazole rings is 1. The molecule has 148 valence electrons. The average molecular weight is 413 g/mol. The molecule has 0 fully saturated rings. The minimum atomic E-state index is 0.0136. The van der Waals surface area contributed by atoms with E-state index in [-0.39, 0.29) is 5.41 Å². The molecule has 3 heterocycles. The van der Waals surface area contributed by atoms with Crippen LogP contribution in [0.25, 0.3) is 32.6 Å². The van der Waals surface area contributed by atoms with Crippen LogP contribution in [-0.2, 0) is 12.0 Å². The molecule has 0 radical (unpaired) electrons. The fourth-order valence-corrected chi connectivity index (χ4v) is 4.51. The van der Waals surface area contributed by atoms with E-state index in [1.54, 1.807) is 16.0 Å². The number of aromatic nitrogens is 3. The van der Waals surface area contributed by atoms with Crippen molar-refractivity contribution in [1.29, 1.82) is 5.26 Å². The van der Waals surface area contributed by atoms with Crippen molar-refractivity contribution < 1.29 is 4.42 Å². The highest BCUT2D eigenvalue weighted by molar-refractivity contribution is 7.13. The average Bonchev–Trinajstić information content (AvgIpc) is 3.43. The van der Waals surface area contributed by atoms with E-state index in [2.05, 4.69) is 43.4 Å². The number of rotatable bonds is 3. The summed E-state index contributed by atoms with van der Waals surface area (Å²) in [5.74, 6) is 0.783. The van der Waals surface area contributed by atoms with Gasteiger partial charge in [-0.1, -0.05) is 39.0 Å². The summed E-state index contributed by atoms with van der Waals surface area (Å²) in [5, 5.41) is 19.1. The lowest BCUT2D eigenvalue weighted by Gasteiger charge is -2.13. The van der Waals surface area contributed by atoms with Crippen LogP contribution < -0.4 is 0 Å². The molecule has 0 saturated heterocycles. The first-order valence-electron chi connectivity index (χ1n) is 9.77. The summed E-state index contributed by atoms with van der Waals surface area (Å²) in [4.78, 5) is 4.76. The predicted molar refractivity (Wildman–Crippen MR) is 120 cm³/mol. The zero-order valence-electron chi connectivity index (χ0n) is 17.0. The van der Waals surface area contributed by atoms with Crippen LogP contribution in [0.5, 0.6) is 0 Å². The molecule has 0 aliphatic heterocycles. The molecule has 30 heavy (non-hydrogen) atoms. The van der Waals surface area contributed by atoms with Crippen LogP contribution in [0.1, 0.15) is 37.7 Å². The van der Waals surface area contributed by atoms with Crippen LogP contribution >= 0.6 is 11.3 Å². The number of nitrogens with zero attached hydrogens (tertiary/aromatic N) is 4. The summed E-state index contributed by atoms with van der Waals surface area (Å²) >= 11 is 1.60. The van der Waals surface area contributed by atoms with E-state index in [0.29, 0.717) is 12.2 Å². The van der Waals surface area contributed by atoms with Crippen molar-refractivity contribution in [3.05, 3.63) is 70.9 Å². The second kappa shape index (κ2) is 6.82. The summed E-state index contributed by atoms with van der Waals surface area (Å²) in [5.41, 5.74) is 4.38. The fourth-order valence-electron chi connectivity index (χ4n) is 3.51. The second-order valence-electron chi connectivity index (χ2n) is 8.41. The molecular weight excluding hydrogens is 392 g/mol. The maximum Gasteiger partial charge on any atom is 0.164 e. The second-order valence-corrected chi connectivity index (χ2v) is 9.26. The maximum absolute atomic E-state index is 9.61. The highest BCUT2D eigenvalue weighted by Crippen LogP contribution is 2.33. The number of hydrogen-bond donors (Lipinski definition) is 0. The number of fused-ring (bicyclic) bond motifs is 2. The van der Waals surface area contributed by atoms with Gasteiger partial charge in [-0.05, 0) is 35.9 Å². The van der Waals surface area contributed by atoms with Crippen LogP contribution in [0.15, 0.2) is 58.3 Å². The lowest BCUT2D eigenvalue weighted by molar-refractivity contribution is 0.571. The van der Waals surface area contributed by atoms with Crippen molar-refractivity contribution in [1.82, 2.24) is 14.8 Å². The molecule has 0 saturated carbocycles. The molecule has 0 aliphatic rings. The third kappa shape index (κ3) is 3.17. The van der Waals surface area contributed by atoms with E-state index in [1.165, 1.54) is 0 Å². The summed E-state index contributed by atoms with van der Waals surface area (Å²) in [6.45, 7) is 7.00. The van der Waals surface area contributed by atoms with Gasteiger partial charge in [-0.2, -0.15) is 10.4 Å². The quantitative estimate of drug-likeness (QED) is 0.358. The normalized spacial score (nSPS) is 11.9. The van der Waals surface area contributed by atoms with Gasteiger partial charge in [0.05, 0.1) is 17.8 Å². The summed E-state index contributed by atoms with van der Waals surface area (Å²) in [6.07, 6.45) is 0. The lowest BCUT2D eigenvalue weighted by atomic mass is 9.93. The molecule has 0 atom stereocenters. The SMILES string of the molecule is CC(C)(C)c1csc(-c2cc3cc(Cn4nc5ccccc5c4C#N)ccc3o2)n1. The zero-order valence-corrected chi connectivity index (χ0v) is 17.8. The molecule has 0 aliphatic carbocycles. The van der Waals surface area contributed by atoms with Crippen molar-refractivity contribution in [3.63, 3.8) is 0 Å². The van der Waals surface area contributed by atoms with Crippen LogP contribution in [0, 0.1) is 11.3 Å². The number of hydrogen-bond acceptors (Lipinski definition) is 5. The Morgan fingerprint density at radius 1 is 1.13 bits per heavy atom. The molecule has 5 nitrogen and oxygen atoms in total. The highest BCUT2D eigenvalue weighted by Gasteiger charge is 2.19. The van der Waals surface area contributed by atoms with Gasteiger partial charge in [0.15, 0.2) is 10.8 Å². The van der Waals surface area contributed by atoms with Gasteiger partial charge in [0.25, 0.3) is 0 Å².